The summed E-state index contributed by atoms with van der Waals surface area (Å²) in [6.07, 6.45) is 0. The predicted octanol–water partition coefficient (Wildman–Crippen LogP) is 2.29. The first-order valence-corrected chi connectivity index (χ1v) is 5.49. The Hall–Kier alpha value is -1.26. The number of nitrogens with one attached hydrogen (secondary N) is 2. The summed E-state index contributed by atoms with van der Waals surface area (Å²) in [5.74, 6) is 5.89. The Kier molecular flexibility index (Phi) is 4.58. The van der Waals surface area contributed by atoms with E-state index in [4.69, 9.17) is 17.4 Å². The minimum Gasteiger partial charge on any atom is -0.324 e. The highest BCUT2D eigenvalue weighted by Crippen LogP contribution is 2.24. The van der Waals surface area contributed by atoms with Crippen molar-refractivity contribution in [3.8, 4) is 0 Å². The molecule has 0 aliphatic heterocycles. The van der Waals surface area contributed by atoms with Crippen LogP contribution in [0.3, 0.4) is 0 Å². The fraction of sp³-hybridized carbons (Fsp3) is 0.364. The molecule has 0 saturated heterocycles. The summed E-state index contributed by atoms with van der Waals surface area (Å²) in [5.41, 5.74) is 4.38. The smallest absolute Gasteiger partial charge is 0.210 e. The Morgan fingerprint density at radius 2 is 2.12 bits per heavy atom. The van der Waals surface area contributed by atoms with Crippen LogP contribution in [0.15, 0.2) is 23.2 Å². The molecule has 5 heteroatoms. The van der Waals surface area contributed by atoms with E-state index >= 15 is 0 Å². The Bertz CT molecular complexity index is 367. The van der Waals surface area contributed by atoms with Gasteiger partial charge in [-0.3, -0.25) is 5.43 Å². The minimum absolute atomic E-state index is 0.154. The number of benzene rings is 1. The number of anilines is 1. The van der Waals surface area contributed by atoms with Gasteiger partial charge in [0.1, 0.15) is 0 Å². The molecule has 1 rings (SSSR count). The van der Waals surface area contributed by atoms with Gasteiger partial charge in [0.25, 0.3) is 0 Å². The molecule has 1 aromatic rings. The number of hydrogen-bond acceptors (Lipinski definition) is 2. The highest BCUT2D eigenvalue weighted by molar-refractivity contribution is 6.34. The van der Waals surface area contributed by atoms with Crippen molar-refractivity contribution in [1.29, 1.82) is 0 Å². The Morgan fingerprint density at radius 3 is 2.62 bits per heavy atom. The van der Waals surface area contributed by atoms with Gasteiger partial charge in [-0.2, -0.15) is 0 Å². The zero-order valence-electron chi connectivity index (χ0n) is 9.71. The van der Waals surface area contributed by atoms with E-state index in [2.05, 4.69) is 15.7 Å². The molecule has 0 aliphatic carbocycles. The Balaban J connectivity index is 2.94. The SMILES string of the molecule is Cc1cccc(Cl)c1NC(=NC(C)C)NN. The largest absolute Gasteiger partial charge is 0.324 e. The van der Waals surface area contributed by atoms with Crippen molar-refractivity contribution in [1.82, 2.24) is 5.43 Å². The second-order valence-electron chi connectivity index (χ2n) is 3.77. The summed E-state index contributed by atoms with van der Waals surface area (Å²) < 4.78 is 0. The van der Waals surface area contributed by atoms with Gasteiger partial charge in [0.05, 0.1) is 10.7 Å². The fourth-order valence-corrected chi connectivity index (χ4v) is 1.54. The van der Waals surface area contributed by atoms with Crippen LogP contribution in [0.2, 0.25) is 5.02 Å². The summed E-state index contributed by atoms with van der Waals surface area (Å²) in [6.45, 7) is 5.91. The fourth-order valence-electron chi connectivity index (χ4n) is 1.27. The minimum atomic E-state index is 0.154. The number of aryl methyl sites for hydroxylation is 1. The number of halogens is 1. The first kappa shape index (κ1) is 12.8. The van der Waals surface area contributed by atoms with Gasteiger partial charge >= 0.3 is 0 Å². The standard InChI is InChI=1S/C11H17ClN4/c1-7(2)14-11(16-13)15-10-8(3)5-4-6-9(10)12/h4-7H,13H2,1-3H3,(H2,14,15,16). The van der Waals surface area contributed by atoms with Crippen LogP contribution in [-0.2, 0) is 0 Å². The summed E-state index contributed by atoms with van der Waals surface area (Å²) in [6, 6.07) is 5.84. The van der Waals surface area contributed by atoms with Gasteiger partial charge < -0.3 is 5.32 Å². The van der Waals surface area contributed by atoms with Crippen LogP contribution in [0, 0.1) is 6.92 Å². The maximum atomic E-state index is 6.08. The van der Waals surface area contributed by atoms with Crippen molar-refractivity contribution in [3.63, 3.8) is 0 Å². The lowest BCUT2D eigenvalue weighted by atomic mass is 10.2. The van der Waals surface area contributed by atoms with Crippen molar-refractivity contribution in [2.45, 2.75) is 26.8 Å². The van der Waals surface area contributed by atoms with Gasteiger partial charge in [0.15, 0.2) is 0 Å². The molecule has 0 aliphatic rings. The van der Waals surface area contributed by atoms with Crippen molar-refractivity contribution < 1.29 is 0 Å². The average molecular weight is 241 g/mol. The zero-order chi connectivity index (χ0) is 12.1. The lowest BCUT2D eigenvalue weighted by molar-refractivity contribution is 0.819. The second-order valence-corrected chi connectivity index (χ2v) is 4.18. The van der Waals surface area contributed by atoms with Crippen LogP contribution >= 0.6 is 11.6 Å². The van der Waals surface area contributed by atoms with E-state index in [-0.39, 0.29) is 6.04 Å². The van der Waals surface area contributed by atoms with Gasteiger partial charge in [-0.15, -0.1) is 0 Å². The molecule has 0 fully saturated rings. The molecule has 0 atom stereocenters. The summed E-state index contributed by atoms with van der Waals surface area (Å²) in [7, 11) is 0. The molecule has 0 heterocycles. The number of nitrogens with two attached hydrogens (primary N) is 1. The molecular formula is C11H17ClN4. The second kappa shape index (κ2) is 5.72. The van der Waals surface area contributed by atoms with Gasteiger partial charge in [0.2, 0.25) is 5.96 Å². The molecule has 4 nitrogen and oxygen atoms in total. The molecule has 0 amide bonds. The van der Waals surface area contributed by atoms with E-state index in [0.717, 1.165) is 11.3 Å². The lowest BCUT2D eigenvalue weighted by Crippen LogP contribution is -2.37. The third kappa shape index (κ3) is 3.40. The number of guanidine groups is 1. The van der Waals surface area contributed by atoms with Crippen LogP contribution < -0.4 is 16.6 Å². The summed E-state index contributed by atoms with van der Waals surface area (Å²) in [5, 5.41) is 3.72. The lowest BCUT2D eigenvalue weighted by Gasteiger charge is -2.13. The number of rotatable bonds is 2. The highest BCUT2D eigenvalue weighted by atomic mass is 35.5. The van der Waals surface area contributed by atoms with E-state index < -0.39 is 0 Å². The van der Waals surface area contributed by atoms with Gasteiger partial charge in [-0.05, 0) is 32.4 Å². The number of para-hydroxylation sites is 1. The molecule has 88 valence electrons. The zero-order valence-corrected chi connectivity index (χ0v) is 10.5. The van der Waals surface area contributed by atoms with E-state index in [0.29, 0.717) is 11.0 Å². The van der Waals surface area contributed by atoms with Crippen molar-refractivity contribution in [3.05, 3.63) is 28.8 Å². The number of nitrogens with zero attached hydrogens (tertiary/aromatic N) is 1. The molecule has 0 aromatic heterocycles. The molecule has 0 radical (unpaired) electrons. The molecule has 0 bridgehead atoms. The molecule has 1 aromatic carbocycles. The summed E-state index contributed by atoms with van der Waals surface area (Å²) >= 11 is 6.08. The average Bonchev–Trinajstić information content (AvgIpc) is 2.21. The van der Waals surface area contributed by atoms with Crippen LogP contribution in [0.25, 0.3) is 0 Å². The first-order valence-electron chi connectivity index (χ1n) is 5.11. The van der Waals surface area contributed by atoms with Crippen LogP contribution in [0.5, 0.6) is 0 Å². The van der Waals surface area contributed by atoms with Crippen LogP contribution in [0.1, 0.15) is 19.4 Å². The molecule has 4 N–H and O–H groups in total. The van der Waals surface area contributed by atoms with Crippen molar-refractivity contribution in [2.75, 3.05) is 5.32 Å². The van der Waals surface area contributed by atoms with E-state index in [1.54, 1.807) is 0 Å². The van der Waals surface area contributed by atoms with Crippen molar-refractivity contribution >= 4 is 23.2 Å². The third-order valence-corrected chi connectivity index (χ3v) is 2.30. The topological polar surface area (TPSA) is 62.4 Å². The molecule has 0 spiro atoms. The molecule has 0 saturated carbocycles. The highest BCUT2D eigenvalue weighted by Gasteiger charge is 2.06. The quantitative estimate of drug-likeness (QED) is 0.322. The molecule has 0 unspecified atom stereocenters. The summed E-state index contributed by atoms with van der Waals surface area (Å²) in [4.78, 5) is 4.28. The van der Waals surface area contributed by atoms with Crippen molar-refractivity contribution in [2.24, 2.45) is 10.8 Å². The number of hydrogen-bond donors (Lipinski definition) is 3. The predicted molar refractivity (Wildman–Crippen MR) is 69.7 cm³/mol. The van der Waals surface area contributed by atoms with Gasteiger partial charge in [-0.1, -0.05) is 23.7 Å². The van der Waals surface area contributed by atoms with E-state index in [9.17, 15) is 0 Å². The van der Waals surface area contributed by atoms with Gasteiger partial charge in [-0.25, -0.2) is 10.8 Å². The van der Waals surface area contributed by atoms with E-state index in [1.807, 2.05) is 39.0 Å². The maximum Gasteiger partial charge on any atom is 0.210 e. The normalized spacial score (nSPS) is 11.8. The van der Waals surface area contributed by atoms with Gasteiger partial charge in [0, 0.05) is 6.04 Å². The number of aliphatic imine (C=N–C) groups is 1. The Morgan fingerprint density at radius 1 is 1.44 bits per heavy atom. The van der Waals surface area contributed by atoms with E-state index in [1.165, 1.54) is 0 Å². The molecule has 16 heavy (non-hydrogen) atoms. The maximum absolute atomic E-state index is 6.08. The number of hydrazine groups is 1. The molecular weight excluding hydrogens is 224 g/mol. The monoisotopic (exact) mass is 240 g/mol. The Labute approximate surface area is 101 Å². The first-order chi connectivity index (χ1) is 7.54. The third-order valence-electron chi connectivity index (χ3n) is 1.99. The van der Waals surface area contributed by atoms with Crippen LogP contribution in [0.4, 0.5) is 5.69 Å². The van der Waals surface area contributed by atoms with Crippen LogP contribution in [-0.4, -0.2) is 12.0 Å².